The van der Waals surface area contributed by atoms with Gasteiger partial charge in [0.2, 0.25) is 0 Å². The van der Waals surface area contributed by atoms with Gasteiger partial charge >= 0.3 is 0 Å². The molecule has 0 saturated carbocycles. The molecular formula is C9H8BrN3O2. The average molecular weight is 270 g/mol. The van der Waals surface area contributed by atoms with E-state index >= 15 is 0 Å². The molecule has 2 aromatic rings. The molecule has 0 unspecified atom stereocenters. The number of nitrogens with zero attached hydrogens (tertiary/aromatic N) is 1. The minimum Gasteiger partial charge on any atom is -0.504 e. The number of nitrogen functional groups attached to an aromatic ring is 1. The van der Waals surface area contributed by atoms with Gasteiger partial charge in [0.25, 0.3) is 0 Å². The highest BCUT2D eigenvalue weighted by molar-refractivity contribution is 9.10. The topological polar surface area (TPSA) is 95.2 Å². The largest absolute Gasteiger partial charge is 0.504 e. The number of nitrogens with one attached hydrogen (secondary N) is 1. The molecule has 6 heteroatoms. The van der Waals surface area contributed by atoms with Gasteiger partial charge in [-0.25, -0.2) is 0 Å². The fraction of sp³-hybridized carbons (Fsp3) is 0. The van der Waals surface area contributed by atoms with E-state index in [0.29, 0.717) is 21.5 Å². The van der Waals surface area contributed by atoms with Gasteiger partial charge in [0.05, 0.1) is 5.69 Å². The number of phenolic OH excluding ortho intramolecular Hbond substituents is 2. The van der Waals surface area contributed by atoms with Gasteiger partial charge in [-0.05, 0) is 12.1 Å². The first kappa shape index (κ1) is 9.85. The van der Waals surface area contributed by atoms with Crippen molar-refractivity contribution in [3.05, 3.63) is 22.7 Å². The van der Waals surface area contributed by atoms with E-state index in [9.17, 15) is 10.2 Å². The van der Waals surface area contributed by atoms with Crippen molar-refractivity contribution in [3.63, 3.8) is 0 Å². The molecule has 1 aromatic heterocycles. The summed E-state index contributed by atoms with van der Waals surface area (Å²) in [7, 11) is 0. The van der Waals surface area contributed by atoms with Crippen molar-refractivity contribution in [2.24, 2.45) is 0 Å². The third kappa shape index (κ3) is 1.75. The number of aromatic amines is 1. The summed E-state index contributed by atoms with van der Waals surface area (Å²) in [4.78, 5) is 0. The lowest BCUT2D eigenvalue weighted by Gasteiger charge is -2.04. The Morgan fingerprint density at radius 1 is 1.27 bits per heavy atom. The van der Waals surface area contributed by atoms with Gasteiger partial charge < -0.3 is 15.9 Å². The third-order valence-corrected chi connectivity index (χ3v) is 2.40. The predicted octanol–water partition coefficient (Wildman–Crippen LogP) is 1.83. The number of aromatic hydroxyl groups is 2. The van der Waals surface area contributed by atoms with Crippen molar-refractivity contribution in [2.45, 2.75) is 0 Å². The van der Waals surface area contributed by atoms with Crippen LogP contribution in [0.1, 0.15) is 0 Å². The van der Waals surface area contributed by atoms with Crippen molar-refractivity contribution in [3.8, 4) is 22.8 Å². The quantitative estimate of drug-likeness (QED) is 0.594. The number of rotatable bonds is 1. The fourth-order valence-corrected chi connectivity index (χ4v) is 1.71. The van der Waals surface area contributed by atoms with Crippen LogP contribution in [-0.4, -0.2) is 20.4 Å². The number of hydrogen-bond acceptors (Lipinski definition) is 4. The van der Waals surface area contributed by atoms with Crippen molar-refractivity contribution >= 4 is 21.7 Å². The second-order valence-corrected chi connectivity index (χ2v) is 3.94. The Hall–Kier alpha value is -1.69. The summed E-state index contributed by atoms with van der Waals surface area (Å²) in [5.41, 5.74) is 6.42. The summed E-state index contributed by atoms with van der Waals surface area (Å²) in [6.45, 7) is 0. The fourth-order valence-electron chi connectivity index (χ4n) is 1.27. The molecule has 15 heavy (non-hydrogen) atoms. The average Bonchev–Trinajstić information content (AvgIpc) is 2.58. The molecule has 5 N–H and O–H groups in total. The lowest BCUT2D eigenvalue weighted by molar-refractivity contribution is 0.405. The van der Waals surface area contributed by atoms with Gasteiger partial charge in [-0.15, -0.1) is 0 Å². The second-order valence-electron chi connectivity index (χ2n) is 3.03. The Labute approximate surface area is 93.7 Å². The highest BCUT2D eigenvalue weighted by Gasteiger charge is 2.12. The van der Waals surface area contributed by atoms with Crippen LogP contribution in [0.25, 0.3) is 11.3 Å². The molecule has 0 radical (unpaired) electrons. The summed E-state index contributed by atoms with van der Waals surface area (Å²) < 4.78 is 0.654. The third-order valence-electron chi connectivity index (χ3n) is 1.94. The van der Waals surface area contributed by atoms with Crippen molar-refractivity contribution in [1.29, 1.82) is 0 Å². The standard InChI is InChI=1S/C9H8BrN3O2/c10-4-1-5(9(15)7(14)2-4)6-3-8(11)13-12-6/h1-3,14-15H,(H3,11,12,13). The number of halogens is 1. The van der Waals surface area contributed by atoms with Gasteiger partial charge in [0.1, 0.15) is 5.82 Å². The summed E-state index contributed by atoms with van der Waals surface area (Å²) in [6, 6.07) is 4.63. The summed E-state index contributed by atoms with van der Waals surface area (Å²) >= 11 is 3.21. The lowest BCUT2D eigenvalue weighted by atomic mass is 10.1. The van der Waals surface area contributed by atoms with Crippen LogP contribution in [0.2, 0.25) is 0 Å². The van der Waals surface area contributed by atoms with Crippen molar-refractivity contribution in [2.75, 3.05) is 5.73 Å². The summed E-state index contributed by atoms with van der Waals surface area (Å²) in [5, 5.41) is 25.4. The Morgan fingerprint density at radius 2 is 2.00 bits per heavy atom. The van der Waals surface area contributed by atoms with Crippen LogP contribution in [0.3, 0.4) is 0 Å². The molecule has 0 aliphatic carbocycles. The number of nitrogens with two attached hydrogens (primary N) is 1. The second kappa shape index (κ2) is 3.47. The maximum Gasteiger partial charge on any atom is 0.167 e. The van der Waals surface area contributed by atoms with Gasteiger partial charge in [-0.3, -0.25) is 5.10 Å². The molecule has 0 atom stereocenters. The lowest BCUT2D eigenvalue weighted by Crippen LogP contribution is -1.81. The molecule has 0 fully saturated rings. The van der Waals surface area contributed by atoms with Gasteiger partial charge in [-0.2, -0.15) is 5.10 Å². The minimum absolute atomic E-state index is 0.201. The highest BCUT2D eigenvalue weighted by Crippen LogP contribution is 2.38. The number of aromatic nitrogens is 2. The molecule has 0 spiro atoms. The Kier molecular flexibility index (Phi) is 2.28. The predicted molar refractivity (Wildman–Crippen MR) is 59.5 cm³/mol. The monoisotopic (exact) mass is 269 g/mol. The Balaban J connectivity index is 2.62. The van der Waals surface area contributed by atoms with E-state index in [1.165, 1.54) is 6.07 Å². The van der Waals surface area contributed by atoms with Crippen LogP contribution in [0, 0.1) is 0 Å². The molecule has 0 amide bonds. The summed E-state index contributed by atoms with van der Waals surface area (Å²) in [6.07, 6.45) is 0. The zero-order valence-corrected chi connectivity index (χ0v) is 9.12. The smallest absolute Gasteiger partial charge is 0.167 e. The molecule has 0 bridgehead atoms. The molecule has 1 aromatic carbocycles. The van der Waals surface area contributed by atoms with Crippen molar-refractivity contribution in [1.82, 2.24) is 10.2 Å². The molecular weight excluding hydrogens is 262 g/mol. The number of phenols is 2. The molecule has 0 aliphatic heterocycles. The van der Waals surface area contributed by atoms with Gasteiger partial charge in [0, 0.05) is 16.1 Å². The molecule has 0 aliphatic rings. The van der Waals surface area contributed by atoms with Crippen LogP contribution in [0.5, 0.6) is 11.5 Å². The number of benzene rings is 1. The molecule has 0 saturated heterocycles. The van der Waals surface area contributed by atoms with Crippen molar-refractivity contribution < 1.29 is 10.2 Å². The first-order chi connectivity index (χ1) is 7.08. The van der Waals surface area contributed by atoms with E-state index in [1.807, 2.05) is 0 Å². The zero-order valence-electron chi connectivity index (χ0n) is 7.53. The minimum atomic E-state index is -0.207. The maximum atomic E-state index is 9.63. The number of hydrogen-bond donors (Lipinski definition) is 4. The van der Waals surface area contributed by atoms with Crippen LogP contribution in [0.4, 0.5) is 5.82 Å². The van der Waals surface area contributed by atoms with Gasteiger partial charge in [0.15, 0.2) is 11.5 Å². The SMILES string of the molecule is Nc1cc(-c2cc(Br)cc(O)c2O)[nH]n1. The molecule has 2 rings (SSSR count). The van der Waals surface area contributed by atoms with Crippen LogP contribution in [0.15, 0.2) is 22.7 Å². The summed E-state index contributed by atoms with van der Waals surface area (Å²) in [5.74, 6) is -0.0849. The Morgan fingerprint density at radius 3 is 2.60 bits per heavy atom. The molecule has 1 heterocycles. The van der Waals surface area contributed by atoms with E-state index in [2.05, 4.69) is 26.1 Å². The highest BCUT2D eigenvalue weighted by atomic mass is 79.9. The normalized spacial score (nSPS) is 10.5. The zero-order chi connectivity index (χ0) is 11.0. The Bertz CT molecular complexity index is 510. The van der Waals surface area contributed by atoms with E-state index < -0.39 is 0 Å². The first-order valence-electron chi connectivity index (χ1n) is 4.10. The van der Waals surface area contributed by atoms with E-state index in [4.69, 9.17) is 5.73 Å². The molecule has 5 nitrogen and oxygen atoms in total. The maximum absolute atomic E-state index is 9.63. The van der Waals surface area contributed by atoms with E-state index in [0.717, 1.165) is 0 Å². The number of H-pyrrole nitrogens is 1. The van der Waals surface area contributed by atoms with E-state index in [-0.39, 0.29) is 11.5 Å². The van der Waals surface area contributed by atoms with Crippen LogP contribution in [-0.2, 0) is 0 Å². The van der Waals surface area contributed by atoms with E-state index in [1.54, 1.807) is 12.1 Å². The first-order valence-corrected chi connectivity index (χ1v) is 4.90. The van der Waals surface area contributed by atoms with Gasteiger partial charge in [-0.1, -0.05) is 15.9 Å². The molecule has 78 valence electrons. The number of anilines is 1. The van der Waals surface area contributed by atoms with Crippen LogP contribution < -0.4 is 5.73 Å². The van der Waals surface area contributed by atoms with Crippen LogP contribution >= 0.6 is 15.9 Å².